The Hall–Kier alpha value is -1.09. The summed E-state index contributed by atoms with van der Waals surface area (Å²) in [5.41, 5.74) is 3.84. The van der Waals surface area contributed by atoms with Gasteiger partial charge in [0.25, 0.3) is 0 Å². The molecule has 0 saturated heterocycles. The van der Waals surface area contributed by atoms with Gasteiger partial charge in [-0.1, -0.05) is 0 Å². The first-order valence-electron chi connectivity index (χ1n) is 3.79. The van der Waals surface area contributed by atoms with Gasteiger partial charge in [-0.15, -0.1) is 0 Å². The average molecular weight is 170 g/mol. The summed E-state index contributed by atoms with van der Waals surface area (Å²) in [4.78, 5) is 0. The number of hydrogen-bond donors (Lipinski definition) is 0. The van der Waals surface area contributed by atoms with Crippen LogP contribution in [0.25, 0.3) is 10.8 Å². The standard InChI is InChI=1S/C11H7P/c12-8-9-5-6-10-3-1-2-4-11(10)7-9/h1-7H. The fourth-order valence-electron chi connectivity index (χ4n) is 1.26. The second kappa shape index (κ2) is 3.11. The fraction of sp³-hybridized carbons (Fsp3) is 0. The molecule has 0 aliphatic heterocycles. The van der Waals surface area contributed by atoms with E-state index in [-0.39, 0.29) is 0 Å². The van der Waals surface area contributed by atoms with Crippen LogP contribution in [-0.2, 0) is 0 Å². The van der Waals surface area contributed by atoms with Gasteiger partial charge in [-0.25, -0.2) is 0 Å². The Morgan fingerprint density at radius 1 is 0.917 bits per heavy atom. The Balaban J connectivity index is 2.78. The van der Waals surface area contributed by atoms with E-state index in [1.807, 2.05) is 18.2 Å². The van der Waals surface area contributed by atoms with Crippen molar-refractivity contribution in [3.63, 3.8) is 0 Å². The van der Waals surface area contributed by atoms with Crippen LogP contribution in [0.3, 0.4) is 0 Å². The monoisotopic (exact) mass is 170 g/mol. The van der Waals surface area contributed by atoms with Crippen LogP contribution in [-0.4, -0.2) is 0 Å². The van der Waals surface area contributed by atoms with E-state index in [1.54, 1.807) is 0 Å². The topological polar surface area (TPSA) is 0 Å². The summed E-state index contributed by atoms with van der Waals surface area (Å²) in [5.74, 6) is 0. The van der Waals surface area contributed by atoms with Crippen LogP contribution in [0.4, 0.5) is 0 Å². The molecule has 0 saturated carbocycles. The molecule has 0 atom stereocenters. The van der Waals surface area contributed by atoms with Crippen molar-refractivity contribution in [1.29, 1.82) is 0 Å². The molecule has 0 bridgehead atoms. The Morgan fingerprint density at radius 2 is 1.67 bits per heavy atom. The molecule has 1 heteroatoms. The summed E-state index contributed by atoms with van der Waals surface area (Å²) in [6.07, 6.45) is 0. The zero-order chi connectivity index (χ0) is 8.39. The van der Waals surface area contributed by atoms with Crippen LogP contribution in [0, 0.1) is 5.63 Å². The Bertz CT molecular complexity index is 452. The molecule has 0 amide bonds. The van der Waals surface area contributed by atoms with Crippen LogP contribution in [0.5, 0.6) is 0 Å². The first-order chi connectivity index (χ1) is 5.90. The molecule has 0 nitrogen and oxygen atoms in total. The normalized spacial score (nSPS) is 9.58. The second-order valence-corrected chi connectivity index (χ2v) is 2.90. The van der Waals surface area contributed by atoms with Gasteiger partial charge in [0, 0.05) is 0 Å². The molecule has 12 heavy (non-hydrogen) atoms. The molecule has 0 aromatic heterocycles. The Morgan fingerprint density at radius 3 is 2.42 bits per heavy atom. The average Bonchev–Trinajstić information content (AvgIpc) is 2.17. The van der Waals surface area contributed by atoms with E-state index in [4.69, 9.17) is 0 Å². The first-order valence-corrected chi connectivity index (χ1v) is 4.24. The maximum atomic E-state index is 3.99. The van der Waals surface area contributed by atoms with Gasteiger partial charge in [0.2, 0.25) is 0 Å². The van der Waals surface area contributed by atoms with Crippen molar-refractivity contribution in [1.82, 2.24) is 0 Å². The summed E-state index contributed by atoms with van der Waals surface area (Å²) < 4.78 is 0. The van der Waals surface area contributed by atoms with Crippen LogP contribution >= 0.6 is 8.70 Å². The fourth-order valence-corrected chi connectivity index (χ4v) is 1.40. The molecule has 56 valence electrons. The third-order valence-electron chi connectivity index (χ3n) is 1.88. The van der Waals surface area contributed by atoms with Gasteiger partial charge in [-0.2, -0.15) is 0 Å². The number of hydrogen-bond acceptors (Lipinski definition) is 0. The van der Waals surface area contributed by atoms with E-state index in [1.165, 1.54) is 10.8 Å². The van der Waals surface area contributed by atoms with Crippen molar-refractivity contribution in [2.75, 3.05) is 0 Å². The van der Waals surface area contributed by atoms with Crippen molar-refractivity contribution in [3.8, 4) is 5.63 Å². The Labute approximate surface area is 73.7 Å². The maximum absolute atomic E-state index is 3.99. The van der Waals surface area contributed by atoms with Crippen LogP contribution < -0.4 is 0 Å². The van der Waals surface area contributed by atoms with Crippen molar-refractivity contribution >= 4 is 19.5 Å². The molecule has 0 fully saturated rings. The minimum atomic E-state index is 1.03. The third-order valence-corrected chi connectivity index (χ3v) is 2.14. The van der Waals surface area contributed by atoms with Crippen LogP contribution in [0.1, 0.15) is 5.56 Å². The molecule has 0 aliphatic carbocycles. The van der Waals surface area contributed by atoms with E-state index in [0.29, 0.717) is 0 Å². The van der Waals surface area contributed by atoms with Crippen molar-refractivity contribution in [2.24, 2.45) is 0 Å². The molecular formula is C11H7P. The summed E-state index contributed by atoms with van der Waals surface area (Å²) >= 11 is 0. The quantitative estimate of drug-likeness (QED) is 0.530. The van der Waals surface area contributed by atoms with Gasteiger partial charge in [0.1, 0.15) is 0 Å². The summed E-state index contributed by atoms with van der Waals surface area (Å²) in [7, 11) is 3.99. The van der Waals surface area contributed by atoms with Gasteiger partial charge < -0.3 is 0 Å². The van der Waals surface area contributed by atoms with Gasteiger partial charge in [0.05, 0.1) is 0 Å². The van der Waals surface area contributed by atoms with Crippen LogP contribution in [0.2, 0.25) is 0 Å². The summed E-state index contributed by atoms with van der Waals surface area (Å²) in [5, 5.41) is 2.49. The summed E-state index contributed by atoms with van der Waals surface area (Å²) in [6, 6.07) is 14.4. The van der Waals surface area contributed by atoms with Gasteiger partial charge in [0.15, 0.2) is 0 Å². The molecule has 0 N–H and O–H groups in total. The third kappa shape index (κ3) is 1.28. The molecule has 0 aliphatic rings. The molecule has 2 aromatic carbocycles. The number of rotatable bonds is 0. The van der Waals surface area contributed by atoms with E-state index in [0.717, 1.165) is 5.56 Å². The van der Waals surface area contributed by atoms with Crippen molar-refractivity contribution < 1.29 is 0 Å². The van der Waals surface area contributed by atoms with Crippen molar-refractivity contribution in [2.45, 2.75) is 0 Å². The van der Waals surface area contributed by atoms with E-state index in [9.17, 15) is 0 Å². The SMILES string of the molecule is P#Cc1ccc2ccccc2c1. The van der Waals surface area contributed by atoms with Gasteiger partial charge in [-0.05, 0) is 0 Å². The van der Waals surface area contributed by atoms with E-state index < -0.39 is 0 Å². The second-order valence-electron chi connectivity index (χ2n) is 2.67. The van der Waals surface area contributed by atoms with E-state index in [2.05, 4.69) is 38.6 Å². The zero-order valence-corrected chi connectivity index (χ0v) is 7.38. The van der Waals surface area contributed by atoms with Crippen LogP contribution in [0.15, 0.2) is 42.5 Å². The summed E-state index contributed by atoms with van der Waals surface area (Å²) in [6.45, 7) is 0. The predicted molar refractivity (Wildman–Crippen MR) is 53.9 cm³/mol. The molecular weight excluding hydrogens is 163 g/mol. The minimum absolute atomic E-state index is 1.03. The zero-order valence-electron chi connectivity index (χ0n) is 6.49. The molecule has 0 radical (unpaired) electrons. The predicted octanol–water partition coefficient (Wildman–Crippen LogP) is 3.56. The van der Waals surface area contributed by atoms with Gasteiger partial charge >= 0.3 is 73.1 Å². The van der Waals surface area contributed by atoms with E-state index >= 15 is 0 Å². The molecule has 0 heterocycles. The first kappa shape index (κ1) is 7.55. The number of benzene rings is 2. The van der Waals surface area contributed by atoms with Gasteiger partial charge in [-0.3, -0.25) is 0 Å². The Kier molecular flexibility index (Phi) is 1.96. The molecule has 2 aromatic rings. The molecule has 2 rings (SSSR count). The molecule has 0 spiro atoms. The molecule has 0 unspecified atom stereocenters. The van der Waals surface area contributed by atoms with Crippen molar-refractivity contribution in [3.05, 3.63) is 48.0 Å². The number of fused-ring (bicyclic) bond motifs is 1.